The second-order valence-electron chi connectivity index (χ2n) is 8.03. The number of nitrogens with zero attached hydrogens (tertiary/aromatic N) is 2. The highest BCUT2D eigenvalue weighted by Crippen LogP contribution is 2.32. The third kappa shape index (κ3) is 5.54. The Morgan fingerprint density at radius 3 is 2.44 bits per heavy atom. The third-order valence-electron chi connectivity index (χ3n) is 5.67. The fourth-order valence-electron chi connectivity index (χ4n) is 3.87. The largest absolute Gasteiger partial charge is 0.416 e. The quantitative estimate of drug-likeness (QED) is 0.560. The lowest BCUT2D eigenvalue weighted by atomic mass is 10.0. The summed E-state index contributed by atoms with van der Waals surface area (Å²) >= 11 is 0. The van der Waals surface area contributed by atoms with E-state index in [1.807, 2.05) is 0 Å². The smallest absolute Gasteiger partial charge is 0.355 e. The van der Waals surface area contributed by atoms with Gasteiger partial charge in [-0.15, -0.1) is 0 Å². The maximum atomic E-state index is 13.2. The van der Waals surface area contributed by atoms with Crippen molar-refractivity contribution in [3.8, 4) is 0 Å². The molecule has 9 heteroatoms. The number of halogens is 3. The van der Waals surface area contributed by atoms with Crippen LogP contribution >= 0.6 is 0 Å². The van der Waals surface area contributed by atoms with Crippen molar-refractivity contribution >= 4 is 23.2 Å². The molecule has 3 aromatic rings. The van der Waals surface area contributed by atoms with Gasteiger partial charge < -0.3 is 15.5 Å². The van der Waals surface area contributed by atoms with Crippen molar-refractivity contribution < 1.29 is 22.8 Å². The van der Waals surface area contributed by atoms with Crippen molar-refractivity contribution in [2.24, 2.45) is 0 Å². The number of rotatable bonds is 5. The fourth-order valence-corrected chi connectivity index (χ4v) is 3.87. The van der Waals surface area contributed by atoms with E-state index in [9.17, 15) is 22.8 Å². The summed E-state index contributed by atoms with van der Waals surface area (Å²) < 4.78 is 39.1. The zero-order chi connectivity index (χ0) is 24.1. The van der Waals surface area contributed by atoms with Gasteiger partial charge in [0.25, 0.3) is 11.8 Å². The average Bonchev–Trinajstić information content (AvgIpc) is 2.85. The number of piperidine rings is 1. The monoisotopic (exact) mass is 468 g/mol. The Labute approximate surface area is 194 Å². The molecule has 0 saturated carbocycles. The molecule has 1 aliphatic heterocycles. The van der Waals surface area contributed by atoms with E-state index in [0.717, 1.165) is 12.1 Å². The summed E-state index contributed by atoms with van der Waals surface area (Å²) in [4.78, 5) is 31.2. The van der Waals surface area contributed by atoms with Gasteiger partial charge >= 0.3 is 6.18 Å². The van der Waals surface area contributed by atoms with Crippen LogP contribution in [-0.4, -0.2) is 40.8 Å². The van der Waals surface area contributed by atoms with Gasteiger partial charge in [-0.1, -0.05) is 18.2 Å². The van der Waals surface area contributed by atoms with Gasteiger partial charge in [-0.05, 0) is 55.3 Å². The first-order valence-corrected chi connectivity index (χ1v) is 10.8. The van der Waals surface area contributed by atoms with E-state index in [2.05, 4.69) is 15.6 Å². The van der Waals surface area contributed by atoms with Gasteiger partial charge in [0.15, 0.2) is 0 Å². The summed E-state index contributed by atoms with van der Waals surface area (Å²) in [7, 11) is 0. The summed E-state index contributed by atoms with van der Waals surface area (Å²) in [5.41, 5.74) is 0.760. The zero-order valence-corrected chi connectivity index (χ0v) is 18.2. The summed E-state index contributed by atoms with van der Waals surface area (Å²) in [6.07, 6.45) is -0.158. The van der Waals surface area contributed by atoms with E-state index in [1.54, 1.807) is 47.5 Å². The molecule has 0 radical (unpaired) electrons. The van der Waals surface area contributed by atoms with Gasteiger partial charge in [0.2, 0.25) is 0 Å². The average molecular weight is 468 g/mol. The Hall–Kier alpha value is -3.88. The third-order valence-corrected chi connectivity index (χ3v) is 5.67. The predicted octanol–water partition coefficient (Wildman–Crippen LogP) is 4.88. The lowest BCUT2D eigenvalue weighted by Crippen LogP contribution is -2.46. The van der Waals surface area contributed by atoms with Gasteiger partial charge in [0, 0.05) is 37.2 Å². The summed E-state index contributed by atoms with van der Waals surface area (Å²) in [6, 6.07) is 14.9. The molecule has 1 aromatic heterocycles. The van der Waals surface area contributed by atoms with E-state index in [4.69, 9.17) is 0 Å². The molecule has 176 valence electrons. The number of likely N-dealkylation sites (tertiary alicyclic amines) is 1. The number of nitrogens with one attached hydrogen (secondary N) is 2. The minimum atomic E-state index is -4.45. The maximum Gasteiger partial charge on any atom is 0.416 e. The first kappa shape index (κ1) is 23.3. The molecule has 34 heavy (non-hydrogen) atoms. The molecule has 0 spiro atoms. The van der Waals surface area contributed by atoms with E-state index < -0.39 is 11.7 Å². The van der Waals surface area contributed by atoms with Crippen LogP contribution in [0.15, 0.2) is 73.1 Å². The van der Waals surface area contributed by atoms with E-state index in [1.165, 1.54) is 18.3 Å². The van der Waals surface area contributed by atoms with Crippen LogP contribution in [0.5, 0.6) is 0 Å². The number of hydrogen-bond donors (Lipinski definition) is 2. The van der Waals surface area contributed by atoms with Crippen molar-refractivity contribution in [3.63, 3.8) is 0 Å². The Morgan fingerprint density at radius 2 is 1.74 bits per heavy atom. The predicted molar refractivity (Wildman–Crippen MR) is 122 cm³/mol. The van der Waals surface area contributed by atoms with Gasteiger partial charge in [0.05, 0.1) is 22.4 Å². The van der Waals surface area contributed by atoms with Crippen molar-refractivity contribution in [1.82, 2.24) is 15.2 Å². The molecule has 0 atom stereocenters. The second-order valence-corrected chi connectivity index (χ2v) is 8.03. The van der Waals surface area contributed by atoms with Crippen molar-refractivity contribution in [3.05, 3.63) is 89.7 Å². The number of aromatic nitrogens is 1. The number of pyridine rings is 1. The minimum absolute atomic E-state index is 0.0600. The van der Waals surface area contributed by atoms with Crippen molar-refractivity contribution in [2.75, 3.05) is 18.4 Å². The Bertz CT molecular complexity index is 1160. The molecule has 2 N–H and O–H groups in total. The number of carbonyl (C=O) groups is 2. The number of para-hydroxylation sites is 1. The number of alkyl halides is 3. The van der Waals surface area contributed by atoms with Crippen LogP contribution < -0.4 is 10.6 Å². The number of benzene rings is 2. The Kier molecular flexibility index (Phi) is 6.81. The highest BCUT2D eigenvalue weighted by atomic mass is 19.4. The van der Waals surface area contributed by atoms with Crippen molar-refractivity contribution in [1.29, 1.82) is 0 Å². The molecule has 2 amide bonds. The summed E-state index contributed by atoms with van der Waals surface area (Å²) in [6.45, 7) is 0.906. The number of hydrogen-bond acceptors (Lipinski definition) is 4. The summed E-state index contributed by atoms with van der Waals surface area (Å²) in [5, 5.41) is 5.92. The number of anilines is 2. The normalized spacial score (nSPS) is 14.5. The Balaban J connectivity index is 1.40. The minimum Gasteiger partial charge on any atom is -0.355 e. The van der Waals surface area contributed by atoms with Crippen LogP contribution in [0.3, 0.4) is 0 Å². The SMILES string of the molecule is O=C(NC1CCN(C(=O)c2ccccc2Nc2cccc(C(F)(F)F)c2)CC1)c1cccnc1. The molecular formula is C25H23F3N4O2. The topological polar surface area (TPSA) is 74.3 Å². The van der Waals surface area contributed by atoms with Crippen LogP contribution in [0.4, 0.5) is 24.5 Å². The lowest BCUT2D eigenvalue weighted by Gasteiger charge is -2.33. The molecule has 4 rings (SSSR count). The lowest BCUT2D eigenvalue weighted by molar-refractivity contribution is -0.137. The molecule has 1 fully saturated rings. The molecule has 2 heterocycles. The molecular weight excluding hydrogens is 445 g/mol. The van der Waals surface area contributed by atoms with Gasteiger partial charge in [0.1, 0.15) is 0 Å². The van der Waals surface area contributed by atoms with Gasteiger partial charge in [-0.25, -0.2) is 0 Å². The first-order chi connectivity index (χ1) is 16.3. The molecule has 0 aliphatic carbocycles. The van der Waals surface area contributed by atoms with Crippen LogP contribution in [0, 0.1) is 0 Å². The first-order valence-electron chi connectivity index (χ1n) is 10.8. The van der Waals surface area contributed by atoms with Crippen LogP contribution in [0.1, 0.15) is 39.1 Å². The molecule has 6 nitrogen and oxygen atoms in total. The number of carbonyl (C=O) groups excluding carboxylic acids is 2. The van der Waals surface area contributed by atoms with E-state index >= 15 is 0 Å². The Morgan fingerprint density at radius 1 is 0.971 bits per heavy atom. The van der Waals surface area contributed by atoms with Crippen molar-refractivity contribution in [2.45, 2.75) is 25.1 Å². The summed E-state index contributed by atoms with van der Waals surface area (Å²) in [5.74, 6) is -0.416. The second kappa shape index (κ2) is 9.94. The molecule has 0 unspecified atom stereocenters. The van der Waals surface area contributed by atoms with Crippen LogP contribution in [0.25, 0.3) is 0 Å². The van der Waals surface area contributed by atoms with Crippen LogP contribution in [0.2, 0.25) is 0 Å². The zero-order valence-electron chi connectivity index (χ0n) is 18.2. The van der Waals surface area contributed by atoms with Crippen LogP contribution in [-0.2, 0) is 6.18 Å². The van der Waals surface area contributed by atoms with E-state index in [0.29, 0.717) is 42.7 Å². The highest BCUT2D eigenvalue weighted by molar-refractivity contribution is 6.00. The molecule has 2 aromatic carbocycles. The highest BCUT2D eigenvalue weighted by Gasteiger charge is 2.30. The fraction of sp³-hybridized carbons (Fsp3) is 0.240. The van der Waals surface area contributed by atoms with E-state index in [-0.39, 0.29) is 23.5 Å². The maximum absolute atomic E-state index is 13.2. The van der Waals surface area contributed by atoms with Gasteiger partial charge in [-0.3, -0.25) is 14.6 Å². The molecule has 0 bridgehead atoms. The molecule has 1 aliphatic rings. The number of amides is 2. The van der Waals surface area contributed by atoms with Gasteiger partial charge in [-0.2, -0.15) is 13.2 Å². The molecule has 1 saturated heterocycles. The standard InChI is InChI=1S/C25H23F3N4O2/c26-25(27,28)18-6-3-7-20(15-18)30-22-9-2-1-8-21(22)24(34)32-13-10-19(11-14-32)31-23(33)17-5-4-12-29-16-17/h1-9,12,15-16,19,30H,10-11,13-14H2,(H,31,33).